The Hall–Kier alpha value is -2.45. The smallest absolute Gasteiger partial charge is 0.269 e. The van der Waals surface area contributed by atoms with E-state index in [1.807, 2.05) is 32.0 Å². The fourth-order valence-electron chi connectivity index (χ4n) is 2.03. The van der Waals surface area contributed by atoms with Crippen molar-refractivity contribution in [3.05, 3.63) is 63.6 Å². The van der Waals surface area contributed by atoms with Crippen LogP contribution < -0.4 is 20.9 Å². The van der Waals surface area contributed by atoms with Crippen LogP contribution in [0.25, 0.3) is 0 Å². The van der Waals surface area contributed by atoms with E-state index in [4.69, 9.17) is 17.0 Å². The highest BCUT2D eigenvalue weighted by Gasteiger charge is 2.09. The summed E-state index contributed by atoms with van der Waals surface area (Å²) in [4.78, 5) is 23.9. The van der Waals surface area contributed by atoms with Gasteiger partial charge in [-0.15, -0.1) is 0 Å². The molecule has 0 radical (unpaired) electrons. The Morgan fingerprint density at radius 2 is 1.81 bits per heavy atom. The molecule has 2 rings (SSSR count). The van der Waals surface area contributed by atoms with Crippen LogP contribution in [0.4, 0.5) is 0 Å². The van der Waals surface area contributed by atoms with Crippen LogP contribution in [0.3, 0.4) is 0 Å². The summed E-state index contributed by atoms with van der Waals surface area (Å²) in [7, 11) is 0. The molecule has 2 aromatic rings. The third-order valence-electron chi connectivity index (χ3n) is 3.27. The highest BCUT2D eigenvalue weighted by Crippen LogP contribution is 2.25. The molecule has 0 saturated carbocycles. The number of ether oxygens (including phenoxy) is 1. The van der Waals surface area contributed by atoms with Crippen molar-refractivity contribution >= 4 is 45.1 Å². The summed E-state index contributed by atoms with van der Waals surface area (Å²) in [6.45, 7) is 3.63. The van der Waals surface area contributed by atoms with E-state index in [9.17, 15) is 9.59 Å². The highest BCUT2D eigenvalue weighted by molar-refractivity contribution is 9.10. The molecular weight excluding hydrogens is 418 g/mol. The lowest BCUT2D eigenvalue weighted by molar-refractivity contribution is -0.121. The molecule has 0 bridgehead atoms. The van der Waals surface area contributed by atoms with Crippen LogP contribution >= 0.6 is 28.1 Å². The number of carbonyl (C=O) groups excluding carboxylic acids is 2. The second-order valence-electron chi connectivity index (χ2n) is 5.55. The Labute approximate surface area is 165 Å². The van der Waals surface area contributed by atoms with E-state index in [2.05, 4.69) is 32.1 Å². The molecule has 0 aliphatic carbocycles. The Bertz CT molecular complexity index is 842. The summed E-state index contributed by atoms with van der Waals surface area (Å²) < 4.78 is 6.19. The van der Waals surface area contributed by atoms with Gasteiger partial charge in [-0.3, -0.25) is 25.8 Å². The third kappa shape index (κ3) is 6.12. The van der Waals surface area contributed by atoms with Crippen molar-refractivity contribution in [3.63, 3.8) is 0 Å². The molecule has 136 valence electrons. The molecule has 3 N–H and O–H groups in total. The van der Waals surface area contributed by atoms with Crippen molar-refractivity contribution in [2.24, 2.45) is 0 Å². The maximum absolute atomic E-state index is 12.0. The molecule has 0 fully saturated rings. The molecule has 0 heterocycles. The number of halogens is 1. The molecule has 0 atom stereocenters. The first-order chi connectivity index (χ1) is 12.3. The van der Waals surface area contributed by atoms with Crippen LogP contribution in [-0.2, 0) is 4.79 Å². The van der Waals surface area contributed by atoms with Gasteiger partial charge in [0.25, 0.3) is 11.8 Å². The molecule has 2 aromatic carbocycles. The van der Waals surface area contributed by atoms with Gasteiger partial charge in [0.1, 0.15) is 5.75 Å². The number of hydrogen-bond acceptors (Lipinski definition) is 4. The second kappa shape index (κ2) is 9.30. The number of benzene rings is 2. The first-order valence-corrected chi connectivity index (χ1v) is 8.91. The zero-order valence-corrected chi connectivity index (χ0v) is 16.7. The summed E-state index contributed by atoms with van der Waals surface area (Å²) in [5, 5.41) is 2.40. The van der Waals surface area contributed by atoms with E-state index in [-0.39, 0.29) is 17.6 Å². The Morgan fingerprint density at radius 1 is 1.08 bits per heavy atom. The molecule has 8 heteroatoms. The second-order valence-corrected chi connectivity index (χ2v) is 6.81. The van der Waals surface area contributed by atoms with Gasteiger partial charge in [-0.2, -0.15) is 0 Å². The van der Waals surface area contributed by atoms with Gasteiger partial charge in [0.2, 0.25) is 0 Å². The van der Waals surface area contributed by atoms with Crippen molar-refractivity contribution in [1.82, 2.24) is 16.2 Å². The number of amides is 2. The molecule has 0 spiro atoms. The van der Waals surface area contributed by atoms with Gasteiger partial charge in [0.05, 0.1) is 4.47 Å². The molecule has 0 saturated heterocycles. The summed E-state index contributed by atoms with van der Waals surface area (Å²) in [6, 6.07) is 12.6. The van der Waals surface area contributed by atoms with Crippen LogP contribution in [0.1, 0.15) is 21.5 Å². The quantitative estimate of drug-likeness (QED) is 0.508. The Morgan fingerprint density at radius 3 is 2.50 bits per heavy atom. The largest absolute Gasteiger partial charge is 0.483 e. The summed E-state index contributed by atoms with van der Waals surface area (Å²) >= 11 is 8.35. The van der Waals surface area contributed by atoms with E-state index in [0.29, 0.717) is 11.3 Å². The molecule has 26 heavy (non-hydrogen) atoms. The van der Waals surface area contributed by atoms with Crippen LogP contribution in [0, 0.1) is 13.8 Å². The molecule has 0 aliphatic rings. The van der Waals surface area contributed by atoms with Gasteiger partial charge in [-0.1, -0.05) is 23.8 Å². The minimum Gasteiger partial charge on any atom is -0.483 e. The van der Waals surface area contributed by atoms with Crippen molar-refractivity contribution in [1.29, 1.82) is 0 Å². The van der Waals surface area contributed by atoms with E-state index < -0.39 is 5.91 Å². The van der Waals surface area contributed by atoms with Gasteiger partial charge < -0.3 is 4.74 Å². The van der Waals surface area contributed by atoms with E-state index in [1.54, 1.807) is 24.3 Å². The van der Waals surface area contributed by atoms with E-state index in [1.165, 1.54) is 0 Å². The predicted octanol–water partition coefficient (Wildman–Crippen LogP) is 2.78. The van der Waals surface area contributed by atoms with Gasteiger partial charge in [0, 0.05) is 5.56 Å². The lowest BCUT2D eigenvalue weighted by atomic mass is 10.1. The van der Waals surface area contributed by atoms with Crippen LogP contribution in [0.2, 0.25) is 0 Å². The van der Waals surface area contributed by atoms with Crippen LogP contribution in [-0.4, -0.2) is 23.5 Å². The zero-order valence-electron chi connectivity index (χ0n) is 14.3. The fraction of sp³-hybridized carbons (Fsp3) is 0.167. The molecule has 0 unspecified atom stereocenters. The number of carbonyl (C=O) groups is 2. The number of rotatable bonds is 4. The highest BCUT2D eigenvalue weighted by atomic mass is 79.9. The number of aryl methyl sites for hydroxylation is 2. The Kier molecular flexibility index (Phi) is 7.11. The van der Waals surface area contributed by atoms with Crippen LogP contribution in [0.5, 0.6) is 5.75 Å². The number of hydrazine groups is 1. The first kappa shape index (κ1) is 19.9. The maximum Gasteiger partial charge on any atom is 0.269 e. The van der Waals surface area contributed by atoms with Crippen molar-refractivity contribution in [2.75, 3.05) is 6.61 Å². The minimum absolute atomic E-state index is 0.0254. The topological polar surface area (TPSA) is 79.5 Å². The number of thiocarbonyl (C=S) groups is 1. The molecular formula is C18H18BrN3O3S. The van der Waals surface area contributed by atoms with Crippen molar-refractivity contribution < 1.29 is 14.3 Å². The number of hydrogen-bond donors (Lipinski definition) is 3. The Balaban J connectivity index is 1.76. The summed E-state index contributed by atoms with van der Waals surface area (Å²) in [5.74, 6) is -0.248. The first-order valence-electron chi connectivity index (χ1n) is 7.71. The van der Waals surface area contributed by atoms with Gasteiger partial charge in [0.15, 0.2) is 11.7 Å². The number of nitrogens with one attached hydrogen (secondary N) is 3. The van der Waals surface area contributed by atoms with Gasteiger partial charge in [-0.25, -0.2) is 0 Å². The fourth-order valence-corrected chi connectivity index (χ4v) is 2.80. The SMILES string of the molecule is Cc1cccc(C(=O)NNC(=S)NC(=O)COc2ccc(C)cc2Br)c1. The predicted molar refractivity (Wildman–Crippen MR) is 107 cm³/mol. The molecule has 0 aromatic heterocycles. The van der Waals surface area contributed by atoms with Gasteiger partial charge >= 0.3 is 0 Å². The van der Waals surface area contributed by atoms with Crippen molar-refractivity contribution in [3.8, 4) is 5.75 Å². The monoisotopic (exact) mass is 435 g/mol. The van der Waals surface area contributed by atoms with E-state index in [0.717, 1.165) is 15.6 Å². The maximum atomic E-state index is 12.0. The minimum atomic E-state index is -0.445. The van der Waals surface area contributed by atoms with Crippen LogP contribution in [0.15, 0.2) is 46.9 Å². The zero-order chi connectivity index (χ0) is 19.1. The normalized spacial score (nSPS) is 9.96. The standard InChI is InChI=1S/C18H18BrN3O3S/c1-11-4-3-5-13(8-11)17(24)21-22-18(26)20-16(23)10-25-15-7-6-12(2)9-14(15)19/h3-9H,10H2,1-2H3,(H,21,24)(H2,20,22,23,26). The third-order valence-corrected chi connectivity index (χ3v) is 4.09. The molecule has 0 aliphatic heterocycles. The molecule has 2 amide bonds. The average molecular weight is 436 g/mol. The lowest BCUT2D eigenvalue weighted by Crippen LogP contribution is -2.49. The summed E-state index contributed by atoms with van der Waals surface area (Å²) in [5.41, 5.74) is 7.43. The van der Waals surface area contributed by atoms with Gasteiger partial charge in [-0.05, 0) is 71.8 Å². The van der Waals surface area contributed by atoms with Crippen molar-refractivity contribution in [2.45, 2.75) is 13.8 Å². The summed E-state index contributed by atoms with van der Waals surface area (Å²) in [6.07, 6.45) is 0. The average Bonchev–Trinajstić information content (AvgIpc) is 2.59. The lowest BCUT2D eigenvalue weighted by Gasteiger charge is -2.12. The van der Waals surface area contributed by atoms with E-state index >= 15 is 0 Å². The molecule has 6 nitrogen and oxygen atoms in total.